The summed E-state index contributed by atoms with van der Waals surface area (Å²) in [6.07, 6.45) is -5.52. The van der Waals surface area contributed by atoms with Gasteiger partial charge < -0.3 is 30.1 Å². The van der Waals surface area contributed by atoms with Crippen LogP contribution >= 0.6 is 11.8 Å². The lowest BCUT2D eigenvalue weighted by Crippen LogP contribution is -2.58. The van der Waals surface area contributed by atoms with Crippen LogP contribution in [0.25, 0.3) is 11.3 Å². The maximum Gasteiger partial charge on any atom is 0.248 e. The Morgan fingerprint density at radius 3 is 2.34 bits per heavy atom. The number of rotatable bonds is 8. The summed E-state index contributed by atoms with van der Waals surface area (Å²) < 4.78 is 75.4. The Bertz CT molecular complexity index is 1220. The first kappa shape index (κ1) is 31.6. The summed E-state index contributed by atoms with van der Waals surface area (Å²) in [6, 6.07) is 0.00103. The van der Waals surface area contributed by atoms with Gasteiger partial charge in [-0.05, 0) is 31.9 Å². The summed E-state index contributed by atoms with van der Waals surface area (Å²) in [7, 11) is 1.47. The van der Waals surface area contributed by atoms with E-state index in [1.165, 1.54) is 11.9 Å². The average molecular weight is 611 g/mol. The van der Waals surface area contributed by atoms with Crippen LogP contribution < -0.4 is 0 Å². The van der Waals surface area contributed by atoms with Crippen molar-refractivity contribution in [2.24, 2.45) is 0 Å². The Kier molecular flexibility index (Phi) is 9.31. The van der Waals surface area contributed by atoms with Crippen molar-refractivity contribution in [3.05, 3.63) is 35.8 Å². The number of hydrogen-bond acceptors (Lipinski definition) is 9. The van der Waals surface area contributed by atoms with Crippen LogP contribution in [0.4, 0.5) is 22.0 Å². The van der Waals surface area contributed by atoms with E-state index in [1.807, 2.05) is 0 Å². The quantitative estimate of drug-likeness (QED) is 0.260. The topological polar surface area (TPSA) is 141 Å². The molecule has 1 aromatic heterocycles. The molecule has 0 bridgehead atoms. The first-order chi connectivity index (χ1) is 19.2. The van der Waals surface area contributed by atoms with Crippen molar-refractivity contribution in [3.63, 3.8) is 0 Å². The predicted octanol–water partition coefficient (Wildman–Crippen LogP) is 1.86. The van der Waals surface area contributed by atoms with Crippen LogP contribution in [0.5, 0.6) is 0 Å². The second-order valence-corrected chi connectivity index (χ2v) is 11.6. The number of aromatic nitrogens is 3. The molecule has 1 aromatic carbocycles. The fraction of sp³-hybridized carbons (Fsp3) is 0.640. The molecule has 41 heavy (non-hydrogen) atoms. The number of benzene rings is 1. The number of nitrogens with zero attached hydrogens (tertiary/aromatic N) is 4. The molecule has 4 N–H and O–H groups in total. The molecule has 6 atom stereocenters. The fourth-order valence-corrected chi connectivity index (χ4v) is 6.55. The monoisotopic (exact) mass is 610 g/mol. The molecule has 0 radical (unpaired) electrons. The lowest BCUT2D eigenvalue weighted by Gasteiger charge is -2.46. The molecule has 16 heteroatoms. The van der Waals surface area contributed by atoms with Crippen LogP contribution in [0.1, 0.15) is 38.6 Å². The van der Waals surface area contributed by atoms with E-state index in [0.717, 1.165) is 10.9 Å². The molecule has 2 fully saturated rings. The molecular weight excluding hydrogens is 579 g/mol. The average Bonchev–Trinajstić information content (AvgIpc) is 3.42. The lowest BCUT2D eigenvalue weighted by molar-refractivity contribution is -0.179. The Hall–Kier alpha value is -2.37. The minimum atomic E-state index is -3.00. The highest BCUT2D eigenvalue weighted by Crippen LogP contribution is 2.46. The third kappa shape index (κ3) is 6.37. The van der Waals surface area contributed by atoms with Gasteiger partial charge in [0.15, 0.2) is 17.5 Å². The van der Waals surface area contributed by atoms with Crippen molar-refractivity contribution >= 4 is 17.7 Å². The number of halogens is 5. The second kappa shape index (κ2) is 12.1. The smallest absolute Gasteiger partial charge is 0.248 e. The molecule has 2 aliphatic rings. The van der Waals surface area contributed by atoms with E-state index >= 15 is 0 Å². The van der Waals surface area contributed by atoms with Gasteiger partial charge in [-0.3, -0.25) is 4.79 Å². The van der Waals surface area contributed by atoms with Gasteiger partial charge in [-0.2, -0.15) is 0 Å². The van der Waals surface area contributed by atoms with E-state index in [0.29, 0.717) is 23.9 Å². The standard InChI is InChI=1S/C25H31F5N4O6S/c1-3-33(2)22(38)21(24(39)4-6-25(29,30)7-5-24)41-23-20(37)18(19(36)16(11-35)40-23)34-10-15(31-32-34)12-8-13(26)17(28)14(27)9-12/h8-10,16,18-21,23,35-37,39H,3-7,11H2,1-2H3/t16-,18+,19+,20-,21-,23+/m1/s1. The zero-order chi connectivity index (χ0) is 30.3. The Morgan fingerprint density at radius 1 is 1.17 bits per heavy atom. The van der Waals surface area contributed by atoms with Crippen LogP contribution in [0, 0.1) is 17.5 Å². The number of carbonyl (C=O) groups excluding carboxylic acids is 1. The second-order valence-electron chi connectivity index (χ2n) is 10.4. The third-order valence-corrected chi connectivity index (χ3v) is 9.20. The maximum atomic E-state index is 13.9. The van der Waals surface area contributed by atoms with Gasteiger partial charge in [-0.25, -0.2) is 26.6 Å². The summed E-state index contributed by atoms with van der Waals surface area (Å²) in [5, 5.41) is 49.7. The maximum absolute atomic E-state index is 13.9. The van der Waals surface area contributed by atoms with Crippen molar-refractivity contribution < 1.29 is 51.9 Å². The summed E-state index contributed by atoms with van der Waals surface area (Å²) in [5.74, 6) is -8.21. The van der Waals surface area contributed by atoms with Crippen molar-refractivity contribution in [3.8, 4) is 11.3 Å². The third-order valence-electron chi connectivity index (χ3n) is 7.62. The number of ether oxygens (including phenoxy) is 1. The molecule has 1 aliphatic carbocycles. The van der Waals surface area contributed by atoms with Gasteiger partial charge in [0.05, 0.1) is 18.4 Å². The van der Waals surface area contributed by atoms with Gasteiger partial charge >= 0.3 is 0 Å². The molecule has 1 saturated carbocycles. The molecule has 4 rings (SSSR count). The van der Waals surface area contributed by atoms with Crippen molar-refractivity contribution in [2.45, 2.75) is 79.2 Å². The number of amides is 1. The Morgan fingerprint density at radius 2 is 1.78 bits per heavy atom. The summed E-state index contributed by atoms with van der Waals surface area (Å²) in [5.41, 5.74) is -3.56. The van der Waals surface area contributed by atoms with Crippen LogP contribution in [-0.4, -0.2) is 107 Å². The van der Waals surface area contributed by atoms with Gasteiger partial charge in [0.25, 0.3) is 0 Å². The zero-order valence-electron chi connectivity index (χ0n) is 22.1. The van der Waals surface area contributed by atoms with Gasteiger partial charge in [0.2, 0.25) is 11.8 Å². The molecule has 1 amide bonds. The number of hydrogen-bond donors (Lipinski definition) is 4. The van der Waals surface area contributed by atoms with Gasteiger partial charge in [0.1, 0.15) is 40.7 Å². The molecule has 1 saturated heterocycles. The predicted molar refractivity (Wildman–Crippen MR) is 135 cm³/mol. The summed E-state index contributed by atoms with van der Waals surface area (Å²) in [4.78, 5) is 14.6. The fourth-order valence-electron chi connectivity index (χ4n) is 4.97. The molecule has 10 nitrogen and oxygen atoms in total. The van der Waals surface area contributed by atoms with E-state index in [9.17, 15) is 47.2 Å². The van der Waals surface area contributed by atoms with Gasteiger partial charge in [-0.15, -0.1) is 16.9 Å². The molecule has 1 aliphatic heterocycles. The molecule has 228 valence electrons. The van der Waals surface area contributed by atoms with Crippen LogP contribution in [-0.2, 0) is 9.53 Å². The number of alkyl halides is 2. The van der Waals surface area contributed by atoms with Crippen LogP contribution in [0.2, 0.25) is 0 Å². The molecule has 2 heterocycles. The summed E-state index contributed by atoms with van der Waals surface area (Å²) >= 11 is 0.676. The number of aliphatic hydroxyl groups is 4. The van der Waals surface area contributed by atoms with Crippen molar-refractivity contribution in [2.75, 3.05) is 20.2 Å². The molecule has 0 unspecified atom stereocenters. The number of carbonyl (C=O) groups is 1. The minimum absolute atomic E-state index is 0.131. The van der Waals surface area contributed by atoms with Gasteiger partial charge in [-0.1, -0.05) is 5.21 Å². The summed E-state index contributed by atoms with van der Waals surface area (Å²) in [6.45, 7) is 1.18. The Labute approximate surface area is 236 Å². The first-order valence-corrected chi connectivity index (χ1v) is 13.9. The normalized spacial score (nSPS) is 28.3. The number of aliphatic hydroxyl groups excluding tert-OH is 3. The van der Waals surface area contributed by atoms with Crippen molar-refractivity contribution in [1.29, 1.82) is 0 Å². The van der Waals surface area contributed by atoms with Crippen LogP contribution in [0.3, 0.4) is 0 Å². The van der Waals surface area contributed by atoms with Crippen LogP contribution in [0.15, 0.2) is 18.3 Å². The minimum Gasteiger partial charge on any atom is -0.394 e. The van der Waals surface area contributed by atoms with E-state index in [4.69, 9.17) is 4.74 Å². The van der Waals surface area contributed by atoms with E-state index in [-0.39, 0.29) is 17.8 Å². The van der Waals surface area contributed by atoms with E-state index in [1.54, 1.807) is 6.92 Å². The highest BCUT2D eigenvalue weighted by Gasteiger charge is 2.53. The van der Waals surface area contributed by atoms with E-state index < -0.39 is 102 Å². The zero-order valence-corrected chi connectivity index (χ0v) is 22.9. The molecule has 2 aromatic rings. The van der Waals surface area contributed by atoms with Crippen molar-refractivity contribution in [1.82, 2.24) is 19.9 Å². The molecular formula is C25H31F5N4O6S. The number of thioether (sulfide) groups is 1. The lowest BCUT2D eigenvalue weighted by atomic mass is 9.80. The van der Waals surface area contributed by atoms with E-state index in [2.05, 4.69) is 10.3 Å². The Balaban J connectivity index is 1.65. The highest BCUT2D eigenvalue weighted by atomic mass is 32.2. The molecule has 0 spiro atoms. The largest absolute Gasteiger partial charge is 0.394 e. The SMILES string of the molecule is CCN(C)C(=O)[C@@H](S[C@@H]1O[C@H](CO)[C@H](O)[C@H](n2cc(-c3cc(F)c(F)c(F)c3)nn2)[C@H]1O)C1(O)CCC(F)(F)CC1. The van der Waals surface area contributed by atoms with Gasteiger partial charge in [0, 0.05) is 32.0 Å². The highest BCUT2D eigenvalue weighted by molar-refractivity contribution is 8.01. The first-order valence-electron chi connectivity index (χ1n) is 12.9.